The van der Waals surface area contributed by atoms with E-state index in [-0.39, 0.29) is 0 Å². The molecule has 0 spiro atoms. The molecule has 0 aliphatic rings. The number of nitrogens with one attached hydrogen (secondary N) is 2. The van der Waals surface area contributed by atoms with E-state index < -0.39 is 0 Å². The van der Waals surface area contributed by atoms with Crippen molar-refractivity contribution in [1.82, 2.24) is 19.9 Å². The van der Waals surface area contributed by atoms with E-state index >= 15 is 0 Å². The van der Waals surface area contributed by atoms with Crippen LogP contribution in [0.3, 0.4) is 0 Å². The molecule has 0 saturated carbocycles. The van der Waals surface area contributed by atoms with Crippen molar-refractivity contribution in [2.75, 3.05) is 0 Å². The standard InChI is InChI=1S/C24H14N4/c1-3-9-15-13(7-1)19-21(25-15)22-20(14-8-2-4-10-16(14)26-22)24-23(19)27-17-11-5-6-12-18(17)28-24/h1-12,27-28H. The largest absolute Gasteiger partial charge is 0.352 e. The molecule has 4 aromatic carbocycles. The average molecular weight is 358 g/mol. The lowest BCUT2D eigenvalue weighted by molar-refractivity contribution is 1.42. The molecule has 28 heavy (non-hydrogen) atoms. The van der Waals surface area contributed by atoms with Gasteiger partial charge < -0.3 is 9.97 Å². The summed E-state index contributed by atoms with van der Waals surface area (Å²) in [7, 11) is 0. The van der Waals surface area contributed by atoms with Gasteiger partial charge in [-0.25, -0.2) is 9.97 Å². The summed E-state index contributed by atoms with van der Waals surface area (Å²) in [4.78, 5) is 17.3. The molecule has 0 aliphatic carbocycles. The summed E-state index contributed by atoms with van der Waals surface area (Å²) >= 11 is 0. The summed E-state index contributed by atoms with van der Waals surface area (Å²) in [6.45, 7) is 0. The minimum Gasteiger partial charge on any atom is -0.352 e. The van der Waals surface area contributed by atoms with Gasteiger partial charge in [-0.1, -0.05) is 48.5 Å². The second-order valence-corrected chi connectivity index (χ2v) is 7.25. The topological polar surface area (TPSA) is 57.4 Å². The Bertz CT molecular complexity index is 1590. The summed E-state index contributed by atoms with van der Waals surface area (Å²) in [5.74, 6) is 0. The van der Waals surface area contributed by atoms with Gasteiger partial charge in [-0.3, -0.25) is 0 Å². The second kappa shape index (κ2) is 4.87. The summed E-state index contributed by atoms with van der Waals surface area (Å²) in [5, 5.41) is 4.55. The summed E-state index contributed by atoms with van der Waals surface area (Å²) in [5.41, 5.74) is 8.22. The highest BCUT2D eigenvalue weighted by Crippen LogP contribution is 2.40. The van der Waals surface area contributed by atoms with Crippen molar-refractivity contribution in [2.45, 2.75) is 0 Å². The zero-order chi connectivity index (χ0) is 18.2. The minimum atomic E-state index is 0.958. The molecule has 3 heterocycles. The Morgan fingerprint density at radius 2 is 0.929 bits per heavy atom. The number of aromatic amines is 2. The first kappa shape index (κ1) is 14.2. The Labute approximate surface area is 158 Å². The molecule has 4 heteroatoms. The molecule has 0 unspecified atom stereocenters. The molecular weight excluding hydrogens is 344 g/mol. The number of hydrogen-bond acceptors (Lipinski definition) is 2. The van der Waals surface area contributed by atoms with Crippen molar-refractivity contribution in [3.05, 3.63) is 72.8 Å². The molecule has 0 atom stereocenters. The quantitative estimate of drug-likeness (QED) is 0.324. The monoisotopic (exact) mass is 358 g/mol. The molecule has 7 rings (SSSR count). The van der Waals surface area contributed by atoms with Crippen molar-refractivity contribution >= 4 is 65.7 Å². The van der Waals surface area contributed by atoms with Crippen LogP contribution in [-0.4, -0.2) is 19.9 Å². The van der Waals surface area contributed by atoms with Crippen LogP contribution >= 0.6 is 0 Å². The first-order valence-electron chi connectivity index (χ1n) is 9.38. The van der Waals surface area contributed by atoms with E-state index in [0.29, 0.717) is 0 Å². The van der Waals surface area contributed by atoms with Crippen molar-refractivity contribution in [3.63, 3.8) is 0 Å². The summed E-state index contributed by atoms with van der Waals surface area (Å²) in [6.07, 6.45) is 0. The van der Waals surface area contributed by atoms with E-state index in [1.807, 2.05) is 12.1 Å². The van der Waals surface area contributed by atoms with Crippen LogP contribution in [-0.2, 0) is 0 Å². The maximum Gasteiger partial charge on any atom is 0.100 e. The highest BCUT2D eigenvalue weighted by Gasteiger charge is 2.19. The third kappa shape index (κ3) is 1.65. The van der Waals surface area contributed by atoms with Gasteiger partial charge in [0.2, 0.25) is 0 Å². The maximum atomic E-state index is 4.97. The maximum absolute atomic E-state index is 4.97. The van der Waals surface area contributed by atoms with Crippen molar-refractivity contribution in [1.29, 1.82) is 0 Å². The molecule has 0 bridgehead atoms. The van der Waals surface area contributed by atoms with Gasteiger partial charge in [0.25, 0.3) is 0 Å². The second-order valence-electron chi connectivity index (χ2n) is 7.25. The van der Waals surface area contributed by atoms with Gasteiger partial charge >= 0.3 is 0 Å². The normalized spacial score (nSPS) is 12.3. The van der Waals surface area contributed by atoms with Gasteiger partial charge in [0.05, 0.1) is 33.1 Å². The molecule has 0 amide bonds. The average Bonchev–Trinajstić information content (AvgIpc) is 3.32. The van der Waals surface area contributed by atoms with Crippen LogP contribution in [0.15, 0.2) is 72.8 Å². The fourth-order valence-electron chi connectivity index (χ4n) is 4.49. The van der Waals surface area contributed by atoms with Crippen LogP contribution in [0.2, 0.25) is 0 Å². The molecule has 7 aromatic rings. The molecule has 0 radical (unpaired) electrons. The van der Waals surface area contributed by atoms with E-state index in [2.05, 4.69) is 70.6 Å². The minimum absolute atomic E-state index is 0.958. The van der Waals surface area contributed by atoms with E-state index in [1.165, 1.54) is 0 Å². The van der Waals surface area contributed by atoms with Crippen LogP contribution in [0.5, 0.6) is 0 Å². The van der Waals surface area contributed by atoms with E-state index in [0.717, 1.165) is 65.7 Å². The Morgan fingerprint density at radius 1 is 0.500 bits per heavy atom. The molecule has 130 valence electrons. The SMILES string of the molecule is c1ccc2c(c1)nc1c3nc4ccccc4c3c3[nH]c4ccccc4[nH]c3c21. The lowest BCUT2D eigenvalue weighted by Gasteiger charge is -2.08. The molecule has 2 N–H and O–H groups in total. The van der Waals surface area contributed by atoms with Crippen LogP contribution in [0.1, 0.15) is 0 Å². The first-order valence-corrected chi connectivity index (χ1v) is 9.38. The number of H-pyrrole nitrogens is 2. The van der Waals surface area contributed by atoms with Gasteiger partial charge in [0.1, 0.15) is 11.0 Å². The number of benzene rings is 4. The Kier molecular flexibility index (Phi) is 2.46. The van der Waals surface area contributed by atoms with Gasteiger partial charge in [-0.05, 0) is 24.3 Å². The Balaban J connectivity index is 1.91. The predicted octanol–water partition coefficient (Wildman–Crippen LogP) is 6.05. The third-order valence-electron chi connectivity index (χ3n) is 5.71. The number of aromatic nitrogens is 4. The third-order valence-corrected chi connectivity index (χ3v) is 5.71. The van der Waals surface area contributed by atoms with Gasteiger partial charge in [0.15, 0.2) is 0 Å². The van der Waals surface area contributed by atoms with Gasteiger partial charge in [-0.2, -0.15) is 0 Å². The summed E-state index contributed by atoms with van der Waals surface area (Å²) in [6, 6.07) is 24.9. The Morgan fingerprint density at radius 3 is 1.43 bits per heavy atom. The van der Waals surface area contributed by atoms with Crippen molar-refractivity contribution < 1.29 is 0 Å². The van der Waals surface area contributed by atoms with Gasteiger partial charge in [0, 0.05) is 21.5 Å². The highest BCUT2D eigenvalue weighted by molar-refractivity contribution is 6.34. The predicted molar refractivity (Wildman–Crippen MR) is 116 cm³/mol. The first-order chi connectivity index (χ1) is 13.9. The zero-order valence-electron chi connectivity index (χ0n) is 14.8. The lowest BCUT2D eigenvalue weighted by Crippen LogP contribution is -1.89. The zero-order valence-corrected chi connectivity index (χ0v) is 14.8. The number of hydrogen-bond donors (Lipinski definition) is 2. The smallest absolute Gasteiger partial charge is 0.100 e. The van der Waals surface area contributed by atoms with Crippen LogP contribution in [0.4, 0.5) is 0 Å². The van der Waals surface area contributed by atoms with Crippen molar-refractivity contribution in [3.8, 4) is 0 Å². The van der Waals surface area contributed by atoms with E-state index in [4.69, 9.17) is 9.97 Å². The van der Waals surface area contributed by atoms with Crippen molar-refractivity contribution in [2.24, 2.45) is 0 Å². The number of para-hydroxylation sites is 4. The number of fused-ring (bicyclic) bond motifs is 11. The van der Waals surface area contributed by atoms with E-state index in [1.54, 1.807) is 0 Å². The molecular formula is C24H14N4. The molecule has 0 saturated heterocycles. The molecule has 0 aliphatic heterocycles. The van der Waals surface area contributed by atoms with Crippen LogP contribution < -0.4 is 0 Å². The fourth-order valence-corrected chi connectivity index (χ4v) is 4.49. The van der Waals surface area contributed by atoms with Crippen LogP contribution in [0, 0.1) is 0 Å². The number of nitrogens with zero attached hydrogens (tertiary/aromatic N) is 2. The molecule has 4 nitrogen and oxygen atoms in total. The molecule has 3 aromatic heterocycles. The van der Waals surface area contributed by atoms with E-state index in [9.17, 15) is 0 Å². The Hall–Kier alpha value is -3.92. The molecule has 0 fully saturated rings. The fraction of sp³-hybridized carbons (Fsp3) is 0. The highest BCUT2D eigenvalue weighted by atomic mass is 14.8. The lowest BCUT2D eigenvalue weighted by atomic mass is 10.0. The number of rotatable bonds is 0. The van der Waals surface area contributed by atoms with Crippen LogP contribution in [0.25, 0.3) is 65.7 Å². The van der Waals surface area contributed by atoms with Gasteiger partial charge in [-0.15, -0.1) is 0 Å². The summed E-state index contributed by atoms with van der Waals surface area (Å²) < 4.78 is 0.